The Labute approximate surface area is 217 Å². The van der Waals surface area contributed by atoms with E-state index in [9.17, 15) is 14.4 Å². The van der Waals surface area contributed by atoms with Crippen LogP contribution in [-0.2, 0) is 14.3 Å². The molecule has 4 N–H and O–H groups in total. The van der Waals surface area contributed by atoms with Crippen LogP contribution < -0.4 is 26.2 Å². The van der Waals surface area contributed by atoms with Crippen molar-refractivity contribution in [1.29, 1.82) is 0 Å². The summed E-state index contributed by atoms with van der Waals surface area (Å²) < 4.78 is 11.4. The molecule has 3 aliphatic heterocycles. The Morgan fingerprint density at radius 2 is 2.06 bits per heavy atom. The average Bonchev–Trinajstić information content (AvgIpc) is 3.66. The van der Waals surface area contributed by atoms with Crippen LogP contribution in [0.5, 0.6) is 0 Å². The Morgan fingerprint density at radius 1 is 1.19 bits per heavy atom. The lowest BCUT2D eigenvalue weighted by molar-refractivity contribution is -0.119. The first-order valence-electron chi connectivity index (χ1n) is 11.9. The van der Waals surface area contributed by atoms with Gasteiger partial charge in [0.15, 0.2) is 0 Å². The van der Waals surface area contributed by atoms with Gasteiger partial charge < -0.3 is 30.7 Å². The highest BCUT2D eigenvalue weighted by Gasteiger charge is 2.34. The molecule has 2 aromatic rings. The summed E-state index contributed by atoms with van der Waals surface area (Å²) in [4.78, 5) is 42.0. The van der Waals surface area contributed by atoms with Crippen LogP contribution in [0.15, 0.2) is 30.3 Å². The van der Waals surface area contributed by atoms with E-state index in [1.54, 1.807) is 18.2 Å². The zero-order valence-corrected chi connectivity index (χ0v) is 21.1. The molecule has 1 aromatic carbocycles. The standard InChI is InChI=1S/C24H28ClN5O5S/c25-21-4-3-20(36-21)23(32)27-10-17-12-30(24(33)35-17)16-1-2-19(29-7-5-15(26)11-29)18(9-16)28-22(31)14-6-8-34-13-14/h1-4,9,14-15,17H,5-8,10-13,26H2,(H,27,32)(H,28,31). The number of thiophene rings is 1. The maximum absolute atomic E-state index is 12.9. The number of carbonyl (C=O) groups excluding carboxylic acids is 3. The summed E-state index contributed by atoms with van der Waals surface area (Å²) in [5, 5.41) is 5.83. The van der Waals surface area contributed by atoms with Gasteiger partial charge in [-0.1, -0.05) is 11.6 Å². The van der Waals surface area contributed by atoms with Crippen molar-refractivity contribution in [3.8, 4) is 0 Å². The lowest BCUT2D eigenvalue weighted by Gasteiger charge is -2.24. The number of benzene rings is 1. The number of carbonyl (C=O) groups is 3. The lowest BCUT2D eigenvalue weighted by atomic mass is 10.1. The number of hydrogen-bond acceptors (Lipinski definition) is 8. The predicted molar refractivity (Wildman–Crippen MR) is 138 cm³/mol. The number of amides is 3. The molecule has 0 spiro atoms. The molecular formula is C24H28ClN5O5S. The summed E-state index contributed by atoms with van der Waals surface area (Å²) in [7, 11) is 0. The van der Waals surface area contributed by atoms with Crippen molar-refractivity contribution in [3.63, 3.8) is 0 Å². The fraction of sp³-hybridized carbons (Fsp3) is 0.458. The van der Waals surface area contributed by atoms with Crippen LogP contribution in [0.3, 0.4) is 0 Å². The van der Waals surface area contributed by atoms with E-state index in [0.717, 1.165) is 18.7 Å². The van der Waals surface area contributed by atoms with E-state index in [2.05, 4.69) is 15.5 Å². The van der Waals surface area contributed by atoms with Crippen LogP contribution >= 0.6 is 22.9 Å². The van der Waals surface area contributed by atoms with Crippen LogP contribution in [-0.4, -0.2) is 69.4 Å². The average molecular weight is 534 g/mol. The SMILES string of the molecule is NC1CCN(c2ccc(N3CC(CNC(=O)c4ccc(Cl)s4)OC3=O)cc2NC(=O)C2CCOC2)C1. The van der Waals surface area contributed by atoms with Gasteiger partial charge in [-0.3, -0.25) is 14.5 Å². The molecule has 0 saturated carbocycles. The third-order valence-electron chi connectivity index (χ3n) is 6.58. The molecule has 0 radical (unpaired) electrons. The van der Waals surface area contributed by atoms with Gasteiger partial charge in [0.1, 0.15) is 6.10 Å². The molecule has 3 fully saturated rings. The number of rotatable bonds is 7. The van der Waals surface area contributed by atoms with Gasteiger partial charge in [0, 0.05) is 31.4 Å². The summed E-state index contributed by atoms with van der Waals surface area (Å²) in [5.41, 5.74) is 8.20. The quantitative estimate of drug-likeness (QED) is 0.499. The number of nitrogens with two attached hydrogens (primary N) is 1. The molecule has 0 aliphatic carbocycles. The van der Waals surface area contributed by atoms with Crippen LogP contribution in [0, 0.1) is 5.92 Å². The zero-order valence-electron chi connectivity index (χ0n) is 19.6. The summed E-state index contributed by atoms with van der Waals surface area (Å²) in [6.07, 6.45) is 0.529. The van der Waals surface area contributed by atoms with Gasteiger partial charge in [-0.15, -0.1) is 11.3 Å². The fourth-order valence-electron chi connectivity index (χ4n) is 4.62. The monoisotopic (exact) mass is 533 g/mol. The summed E-state index contributed by atoms with van der Waals surface area (Å²) in [5.74, 6) is -0.576. The van der Waals surface area contributed by atoms with Gasteiger partial charge in [0.05, 0.1) is 46.2 Å². The topological polar surface area (TPSA) is 126 Å². The highest BCUT2D eigenvalue weighted by atomic mass is 35.5. The highest BCUT2D eigenvalue weighted by molar-refractivity contribution is 7.18. The number of anilines is 3. The van der Waals surface area contributed by atoms with Crippen molar-refractivity contribution in [1.82, 2.24) is 5.32 Å². The van der Waals surface area contributed by atoms with Crippen molar-refractivity contribution in [2.24, 2.45) is 11.7 Å². The lowest BCUT2D eigenvalue weighted by Crippen LogP contribution is -2.34. The fourth-order valence-corrected chi connectivity index (χ4v) is 5.58. The molecule has 3 aliphatic rings. The Morgan fingerprint density at radius 3 is 2.75 bits per heavy atom. The van der Waals surface area contributed by atoms with E-state index in [1.807, 2.05) is 12.1 Å². The summed E-state index contributed by atoms with van der Waals surface area (Å²) in [6.45, 7) is 2.90. The molecule has 5 rings (SSSR count). The van der Waals surface area contributed by atoms with Crippen molar-refractivity contribution >= 4 is 57.9 Å². The van der Waals surface area contributed by atoms with Crippen LogP contribution in [0.2, 0.25) is 4.34 Å². The first-order valence-corrected chi connectivity index (χ1v) is 13.1. The Kier molecular flexibility index (Phi) is 7.33. The molecule has 4 heterocycles. The van der Waals surface area contributed by atoms with E-state index in [-0.39, 0.29) is 36.9 Å². The van der Waals surface area contributed by atoms with Crippen molar-refractivity contribution in [2.45, 2.75) is 25.0 Å². The van der Waals surface area contributed by atoms with E-state index < -0.39 is 12.2 Å². The number of halogens is 1. The van der Waals surface area contributed by atoms with E-state index in [0.29, 0.717) is 46.8 Å². The number of ether oxygens (including phenoxy) is 2. The molecule has 0 bridgehead atoms. The van der Waals surface area contributed by atoms with Gasteiger partial charge in [0.25, 0.3) is 5.91 Å². The molecule has 3 amide bonds. The normalized spacial score (nSPS) is 23.7. The third kappa shape index (κ3) is 5.44. The van der Waals surface area contributed by atoms with E-state index in [1.165, 1.54) is 16.2 Å². The van der Waals surface area contributed by atoms with Crippen LogP contribution in [0.1, 0.15) is 22.5 Å². The second-order valence-electron chi connectivity index (χ2n) is 9.18. The Hall–Kier alpha value is -2.86. The molecule has 36 heavy (non-hydrogen) atoms. The summed E-state index contributed by atoms with van der Waals surface area (Å²) >= 11 is 7.08. The Bertz CT molecular complexity index is 1150. The maximum atomic E-state index is 12.9. The smallest absolute Gasteiger partial charge is 0.414 e. The van der Waals surface area contributed by atoms with Gasteiger partial charge >= 0.3 is 6.09 Å². The van der Waals surface area contributed by atoms with Gasteiger partial charge in [0.2, 0.25) is 5.91 Å². The van der Waals surface area contributed by atoms with Crippen LogP contribution in [0.25, 0.3) is 0 Å². The molecule has 12 heteroatoms. The minimum atomic E-state index is -0.512. The highest BCUT2D eigenvalue weighted by Crippen LogP contribution is 2.35. The van der Waals surface area contributed by atoms with Gasteiger partial charge in [-0.25, -0.2) is 4.79 Å². The number of nitrogens with one attached hydrogen (secondary N) is 2. The summed E-state index contributed by atoms with van der Waals surface area (Å²) in [6, 6.07) is 8.92. The minimum Gasteiger partial charge on any atom is -0.442 e. The van der Waals surface area contributed by atoms with E-state index in [4.69, 9.17) is 26.8 Å². The minimum absolute atomic E-state index is 0.0752. The Balaban J connectivity index is 1.29. The predicted octanol–water partition coefficient (Wildman–Crippen LogP) is 2.67. The molecule has 192 valence electrons. The molecule has 10 nitrogen and oxygen atoms in total. The molecular weight excluding hydrogens is 506 g/mol. The second kappa shape index (κ2) is 10.6. The van der Waals surface area contributed by atoms with Crippen molar-refractivity contribution < 1.29 is 23.9 Å². The first-order chi connectivity index (χ1) is 17.4. The molecule has 3 saturated heterocycles. The third-order valence-corrected chi connectivity index (χ3v) is 7.81. The molecule has 3 atom stereocenters. The molecule has 3 unspecified atom stereocenters. The second-order valence-corrected chi connectivity index (χ2v) is 10.9. The maximum Gasteiger partial charge on any atom is 0.414 e. The largest absolute Gasteiger partial charge is 0.442 e. The number of hydrogen-bond donors (Lipinski definition) is 3. The number of nitrogens with zero attached hydrogens (tertiary/aromatic N) is 2. The first kappa shape index (κ1) is 24.8. The zero-order chi connectivity index (χ0) is 25.2. The molecule has 1 aromatic heterocycles. The number of cyclic esters (lactones) is 1. The van der Waals surface area contributed by atoms with Crippen LogP contribution in [0.4, 0.5) is 21.9 Å². The van der Waals surface area contributed by atoms with Gasteiger partial charge in [-0.2, -0.15) is 0 Å². The van der Waals surface area contributed by atoms with Gasteiger partial charge in [-0.05, 0) is 43.2 Å². The van der Waals surface area contributed by atoms with Crippen molar-refractivity contribution in [3.05, 3.63) is 39.5 Å². The van der Waals surface area contributed by atoms with E-state index >= 15 is 0 Å². The van der Waals surface area contributed by atoms with Crippen molar-refractivity contribution in [2.75, 3.05) is 54.5 Å².